The van der Waals surface area contributed by atoms with Gasteiger partial charge in [0.2, 0.25) is 0 Å². The first-order chi connectivity index (χ1) is 12.7. The number of sulfone groups is 1. The molecule has 3 rings (SSSR count). The minimum Gasteiger partial charge on any atom is -0.482 e. The molecule has 0 saturated heterocycles. The van der Waals surface area contributed by atoms with E-state index in [1.54, 1.807) is 24.3 Å². The van der Waals surface area contributed by atoms with Crippen LogP contribution in [0.15, 0.2) is 53.9 Å². The van der Waals surface area contributed by atoms with Crippen LogP contribution < -0.4 is 9.64 Å². The van der Waals surface area contributed by atoms with Gasteiger partial charge < -0.3 is 9.64 Å². The van der Waals surface area contributed by atoms with Gasteiger partial charge in [-0.25, -0.2) is 8.42 Å². The molecule has 0 bridgehead atoms. The van der Waals surface area contributed by atoms with E-state index in [9.17, 15) is 13.2 Å². The van der Waals surface area contributed by atoms with Gasteiger partial charge in [0.15, 0.2) is 16.4 Å². The van der Waals surface area contributed by atoms with Crippen molar-refractivity contribution in [1.29, 1.82) is 0 Å². The number of anilines is 1. The average Bonchev–Trinajstić information content (AvgIpc) is 2.95. The molecule has 1 aliphatic heterocycles. The van der Waals surface area contributed by atoms with Crippen LogP contribution >= 0.6 is 23.2 Å². The zero-order valence-electron chi connectivity index (χ0n) is 14.4. The molecule has 27 heavy (non-hydrogen) atoms. The molecule has 0 saturated carbocycles. The zero-order valence-corrected chi connectivity index (χ0v) is 16.8. The highest BCUT2D eigenvalue weighted by Crippen LogP contribution is 2.28. The van der Waals surface area contributed by atoms with E-state index >= 15 is 0 Å². The van der Waals surface area contributed by atoms with Crippen molar-refractivity contribution in [2.24, 2.45) is 0 Å². The molecule has 1 amide bonds. The van der Waals surface area contributed by atoms with Gasteiger partial charge >= 0.3 is 0 Å². The zero-order chi connectivity index (χ0) is 19.6. The van der Waals surface area contributed by atoms with Gasteiger partial charge in [0.1, 0.15) is 5.75 Å². The normalized spacial score (nSPS) is 17.7. The number of ether oxygens (including phenoxy) is 1. The van der Waals surface area contributed by atoms with Crippen LogP contribution in [0, 0.1) is 6.92 Å². The lowest BCUT2D eigenvalue weighted by atomic mass is 10.1. The third-order valence-corrected chi connectivity index (χ3v) is 5.98. The van der Waals surface area contributed by atoms with E-state index in [-0.39, 0.29) is 18.3 Å². The largest absolute Gasteiger partial charge is 0.482 e. The van der Waals surface area contributed by atoms with Crippen molar-refractivity contribution in [3.05, 3.63) is 69.6 Å². The second-order valence-electron chi connectivity index (χ2n) is 6.19. The Morgan fingerprint density at radius 2 is 1.89 bits per heavy atom. The van der Waals surface area contributed by atoms with Crippen molar-refractivity contribution >= 4 is 44.6 Å². The van der Waals surface area contributed by atoms with E-state index in [2.05, 4.69) is 0 Å². The number of amides is 1. The third-order valence-electron chi connectivity index (χ3n) is 4.07. The summed E-state index contributed by atoms with van der Waals surface area (Å²) in [7, 11) is -3.32. The monoisotopic (exact) mass is 425 g/mol. The molecule has 2 aromatic rings. The van der Waals surface area contributed by atoms with Gasteiger partial charge in [-0.2, -0.15) is 0 Å². The summed E-state index contributed by atoms with van der Waals surface area (Å²) in [6.07, 6.45) is 1.52. The molecule has 8 heteroatoms. The van der Waals surface area contributed by atoms with E-state index in [4.69, 9.17) is 27.9 Å². The van der Waals surface area contributed by atoms with Crippen LogP contribution in [0.5, 0.6) is 5.75 Å². The van der Waals surface area contributed by atoms with Gasteiger partial charge in [-0.1, -0.05) is 40.9 Å². The van der Waals surface area contributed by atoms with Gasteiger partial charge in [0.25, 0.3) is 5.91 Å². The van der Waals surface area contributed by atoms with Crippen LogP contribution in [-0.2, 0) is 14.6 Å². The molecule has 0 aromatic heterocycles. The fourth-order valence-electron chi connectivity index (χ4n) is 2.75. The summed E-state index contributed by atoms with van der Waals surface area (Å²) in [5.74, 6) is -0.210. The SMILES string of the molecule is Cc1ccc(N(C(=O)COc2ccc(Cl)cc2Cl)[C@@H]2C=CS(=O)(=O)C2)cc1. The second-order valence-corrected chi connectivity index (χ2v) is 8.96. The van der Waals surface area contributed by atoms with Crippen molar-refractivity contribution in [2.45, 2.75) is 13.0 Å². The van der Waals surface area contributed by atoms with Crippen molar-refractivity contribution in [2.75, 3.05) is 17.3 Å². The van der Waals surface area contributed by atoms with Gasteiger partial charge in [0, 0.05) is 16.1 Å². The number of carbonyl (C=O) groups excluding carboxylic acids is 1. The molecule has 1 atom stereocenters. The molecule has 1 heterocycles. The predicted octanol–water partition coefficient (Wildman–Crippen LogP) is 4.02. The maximum atomic E-state index is 12.9. The minimum absolute atomic E-state index is 0.158. The smallest absolute Gasteiger partial charge is 0.265 e. The van der Waals surface area contributed by atoms with Crippen molar-refractivity contribution in [3.8, 4) is 5.75 Å². The van der Waals surface area contributed by atoms with Crippen molar-refractivity contribution < 1.29 is 17.9 Å². The Hall–Kier alpha value is -2.02. The number of rotatable bonds is 5. The van der Waals surface area contributed by atoms with E-state index in [1.807, 2.05) is 19.1 Å². The van der Waals surface area contributed by atoms with E-state index in [0.29, 0.717) is 21.5 Å². The van der Waals surface area contributed by atoms with E-state index in [0.717, 1.165) is 11.0 Å². The van der Waals surface area contributed by atoms with Gasteiger partial charge in [-0.05, 0) is 43.3 Å². The quantitative estimate of drug-likeness (QED) is 0.725. The highest BCUT2D eigenvalue weighted by atomic mass is 35.5. The van der Waals surface area contributed by atoms with Crippen LogP contribution in [0.4, 0.5) is 5.69 Å². The Kier molecular flexibility index (Phi) is 5.79. The second kappa shape index (κ2) is 7.92. The Bertz CT molecular complexity index is 987. The highest BCUT2D eigenvalue weighted by Gasteiger charge is 2.31. The minimum atomic E-state index is -3.32. The van der Waals surface area contributed by atoms with Crippen molar-refractivity contribution in [1.82, 2.24) is 0 Å². The molecule has 142 valence electrons. The average molecular weight is 426 g/mol. The lowest BCUT2D eigenvalue weighted by molar-refractivity contribution is -0.120. The molecule has 0 unspecified atom stereocenters. The topological polar surface area (TPSA) is 63.7 Å². The predicted molar refractivity (Wildman–Crippen MR) is 107 cm³/mol. The highest BCUT2D eigenvalue weighted by molar-refractivity contribution is 7.94. The summed E-state index contributed by atoms with van der Waals surface area (Å²) in [6, 6.07) is 11.4. The summed E-state index contributed by atoms with van der Waals surface area (Å²) in [6.45, 7) is 1.64. The van der Waals surface area contributed by atoms with Crippen LogP contribution in [0.25, 0.3) is 0 Å². The van der Waals surface area contributed by atoms with Gasteiger partial charge in [0.05, 0.1) is 16.8 Å². The molecule has 0 N–H and O–H groups in total. The van der Waals surface area contributed by atoms with E-state index < -0.39 is 15.9 Å². The fourth-order valence-corrected chi connectivity index (χ4v) is 4.48. The summed E-state index contributed by atoms with van der Waals surface area (Å²) in [5.41, 5.74) is 1.63. The van der Waals surface area contributed by atoms with Crippen LogP contribution in [0.1, 0.15) is 5.56 Å². The first kappa shape index (κ1) is 19.7. The summed E-state index contributed by atoms with van der Waals surface area (Å²) < 4.78 is 29.2. The first-order valence-corrected chi connectivity index (χ1v) is 10.6. The molecular weight excluding hydrogens is 409 g/mol. The lowest BCUT2D eigenvalue weighted by Gasteiger charge is -2.28. The molecule has 0 fully saturated rings. The molecule has 5 nitrogen and oxygen atoms in total. The van der Waals surface area contributed by atoms with Gasteiger partial charge in [-0.15, -0.1) is 0 Å². The number of carbonyl (C=O) groups is 1. The number of hydrogen-bond acceptors (Lipinski definition) is 4. The summed E-state index contributed by atoms with van der Waals surface area (Å²) >= 11 is 11.9. The third kappa shape index (κ3) is 4.83. The maximum Gasteiger partial charge on any atom is 0.265 e. The first-order valence-electron chi connectivity index (χ1n) is 8.13. The number of benzene rings is 2. The Balaban J connectivity index is 1.82. The molecule has 0 aliphatic carbocycles. The Morgan fingerprint density at radius 1 is 1.19 bits per heavy atom. The number of aryl methyl sites for hydroxylation is 1. The van der Waals surface area contributed by atoms with Gasteiger partial charge in [-0.3, -0.25) is 4.79 Å². The van der Waals surface area contributed by atoms with Crippen LogP contribution in [0.3, 0.4) is 0 Å². The molecular formula is C19H17Cl2NO4S. The molecule has 2 aromatic carbocycles. The van der Waals surface area contributed by atoms with E-state index in [1.165, 1.54) is 17.0 Å². The fraction of sp³-hybridized carbons (Fsp3) is 0.211. The lowest BCUT2D eigenvalue weighted by Crippen LogP contribution is -2.43. The maximum absolute atomic E-state index is 12.9. The van der Waals surface area contributed by atoms with Crippen LogP contribution in [0.2, 0.25) is 10.0 Å². The van der Waals surface area contributed by atoms with Crippen molar-refractivity contribution in [3.63, 3.8) is 0 Å². The number of hydrogen-bond donors (Lipinski definition) is 0. The standard InChI is InChI=1S/C19H17Cl2NO4S/c1-13-2-5-15(6-3-13)22(16-8-9-27(24,25)12-16)19(23)11-26-18-7-4-14(20)10-17(18)21/h2-10,16H,11-12H2,1H3/t16-/m1/s1. The number of halogens is 2. The Labute approximate surface area is 168 Å². The summed E-state index contributed by atoms with van der Waals surface area (Å²) in [4.78, 5) is 14.3. The Morgan fingerprint density at radius 3 is 2.48 bits per heavy atom. The molecule has 0 spiro atoms. The number of nitrogens with zero attached hydrogens (tertiary/aromatic N) is 1. The summed E-state index contributed by atoms with van der Waals surface area (Å²) in [5, 5.41) is 1.89. The molecule has 0 radical (unpaired) electrons. The molecule has 1 aliphatic rings. The van der Waals surface area contributed by atoms with Crippen LogP contribution in [-0.4, -0.2) is 32.7 Å².